The van der Waals surface area contributed by atoms with Crippen LogP contribution in [0.2, 0.25) is 0 Å². The molecule has 0 heterocycles. The third-order valence-corrected chi connectivity index (χ3v) is 2.78. The van der Waals surface area contributed by atoms with Gasteiger partial charge in [-0.05, 0) is 38.2 Å². The SMILES string of the molecule is CC(O)c1ccc(CN(C)C)c(Br)c1. The van der Waals surface area contributed by atoms with Gasteiger partial charge in [0.2, 0.25) is 0 Å². The van der Waals surface area contributed by atoms with Gasteiger partial charge in [-0.25, -0.2) is 0 Å². The quantitative estimate of drug-likeness (QED) is 0.900. The van der Waals surface area contributed by atoms with Gasteiger partial charge in [0.1, 0.15) is 0 Å². The molecule has 0 radical (unpaired) electrons. The zero-order chi connectivity index (χ0) is 10.7. The van der Waals surface area contributed by atoms with Crippen molar-refractivity contribution in [1.82, 2.24) is 4.90 Å². The predicted molar refractivity (Wildman–Crippen MR) is 62.2 cm³/mol. The lowest BCUT2D eigenvalue weighted by Crippen LogP contribution is -2.11. The highest BCUT2D eigenvalue weighted by Gasteiger charge is 2.05. The molecule has 1 unspecified atom stereocenters. The van der Waals surface area contributed by atoms with E-state index in [2.05, 4.69) is 20.8 Å². The van der Waals surface area contributed by atoms with Crippen molar-refractivity contribution < 1.29 is 5.11 Å². The van der Waals surface area contributed by atoms with Crippen molar-refractivity contribution in [2.75, 3.05) is 14.1 Å². The third kappa shape index (κ3) is 3.08. The fourth-order valence-corrected chi connectivity index (χ4v) is 1.81. The molecule has 1 rings (SSSR count). The summed E-state index contributed by atoms with van der Waals surface area (Å²) in [7, 11) is 4.07. The van der Waals surface area contributed by atoms with Gasteiger partial charge in [-0.15, -0.1) is 0 Å². The Kier molecular flexibility index (Phi) is 4.11. The van der Waals surface area contributed by atoms with Gasteiger partial charge in [-0.2, -0.15) is 0 Å². The van der Waals surface area contributed by atoms with Gasteiger partial charge >= 0.3 is 0 Å². The Bertz CT molecular complexity index is 310. The van der Waals surface area contributed by atoms with Crippen LogP contribution in [0, 0.1) is 0 Å². The lowest BCUT2D eigenvalue weighted by atomic mass is 10.1. The molecule has 0 fully saturated rings. The van der Waals surface area contributed by atoms with E-state index in [0.717, 1.165) is 16.6 Å². The fraction of sp³-hybridized carbons (Fsp3) is 0.455. The van der Waals surface area contributed by atoms with Gasteiger partial charge in [-0.1, -0.05) is 28.1 Å². The van der Waals surface area contributed by atoms with Crippen LogP contribution in [-0.4, -0.2) is 24.1 Å². The van der Waals surface area contributed by atoms with Crippen molar-refractivity contribution in [1.29, 1.82) is 0 Å². The van der Waals surface area contributed by atoms with E-state index in [1.807, 2.05) is 32.3 Å². The van der Waals surface area contributed by atoms with Crippen molar-refractivity contribution in [2.24, 2.45) is 0 Å². The van der Waals surface area contributed by atoms with Gasteiger partial charge < -0.3 is 10.0 Å². The number of benzene rings is 1. The first-order valence-corrected chi connectivity index (χ1v) is 5.41. The first-order valence-electron chi connectivity index (χ1n) is 4.62. The molecule has 2 nitrogen and oxygen atoms in total. The van der Waals surface area contributed by atoms with Gasteiger partial charge in [0.15, 0.2) is 0 Å². The highest BCUT2D eigenvalue weighted by atomic mass is 79.9. The molecule has 78 valence electrons. The van der Waals surface area contributed by atoms with E-state index in [1.165, 1.54) is 5.56 Å². The molecule has 3 heteroatoms. The Morgan fingerprint density at radius 1 is 1.43 bits per heavy atom. The number of rotatable bonds is 3. The van der Waals surface area contributed by atoms with E-state index >= 15 is 0 Å². The molecule has 0 saturated carbocycles. The van der Waals surface area contributed by atoms with E-state index in [9.17, 15) is 5.11 Å². The average Bonchev–Trinajstić information content (AvgIpc) is 2.07. The van der Waals surface area contributed by atoms with Crippen LogP contribution in [0.1, 0.15) is 24.2 Å². The maximum Gasteiger partial charge on any atom is 0.0762 e. The van der Waals surface area contributed by atoms with E-state index in [0.29, 0.717) is 0 Å². The van der Waals surface area contributed by atoms with E-state index in [-0.39, 0.29) is 0 Å². The van der Waals surface area contributed by atoms with Crippen LogP contribution < -0.4 is 0 Å². The minimum atomic E-state index is -0.403. The number of hydrogen-bond donors (Lipinski definition) is 1. The number of aliphatic hydroxyl groups excluding tert-OH is 1. The molecule has 0 aliphatic rings. The molecule has 0 saturated heterocycles. The lowest BCUT2D eigenvalue weighted by molar-refractivity contribution is 0.199. The van der Waals surface area contributed by atoms with Crippen LogP contribution in [-0.2, 0) is 6.54 Å². The summed E-state index contributed by atoms with van der Waals surface area (Å²) >= 11 is 3.51. The summed E-state index contributed by atoms with van der Waals surface area (Å²) < 4.78 is 1.06. The summed E-state index contributed by atoms with van der Waals surface area (Å²) in [5, 5.41) is 9.39. The number of aliphatic hydroxyl groups is 1. The molecule has 1 atom stereocenters. The van der Waals surface area contributed by atoms with Gasteiger partial charge in [0.25, 0.3) is 0 Å². The summed E-state index contributed by atoms with van der Waals surface area (Å²) in [5.74, 6) is 0. The van der Waals surface area contributed by atoms with Crippen molar-refractivity contribution in [3.8, 4) is 0 Å². The number of halogens is 1. The number of nitrogens with zero attached hydrogens (tertiary/aromatic N) is 1. The van der Waals surface area contributed by atoms with Crippen molar-refractivity contribution in [3.05, 3.63) is 33.8 Å². The second-order valence-corrected chi connectivity index (χ2v) is 4.62. The fourth-order valence-electron chi connectivity index (χ4n) is 1.29. The van der Waals surface area contributed by atoms with Crippen LogP contribution in [0.4, 0.5) is 0 Å². The molecular formula is C11H16BrNO. The van der Waals surface area contributed by atoms with Crippen molar-refractivity contribution in [2.45, 2.75) is 19.6 Å². The Balaban J connectivity index is 2.90. The summed E-state index contributed by atoms with van der Waals surface area (Å²) in [6.07, 6.45) is -0.403. The van der Waals surface area contributed by atoms with Crippen molar-refractivity contribution >= 4 is 15.9 Å². The number of hydrogen-bond acceptors (Lipinski definition) is 2. The standard InChI is InChI=1S/C11H16BrNO/c1-8(14)9-4-5-10(7-13(2)3)11(12)6-9/h4-6,8,14H,7H2,1-3H3. The smallest absolute Gasteiger partial charge is 0.0762 e. The Labute approximate surface area is 93.7 Å². The summed E-state index contributed by atoms with van der Waals surface area (Å²) in [6, 6.07) is 5.99. The normalized spacial score (nSPS) is 13.3. The van der Waals surface area contributed by atoms with Gasteiger partial charge in [0, 0.05) is 11.0 Å². The third-order valence-electron chi connectivity index (χ3n) is 2.05. The van der Waals surface area contributed by atoms with Crippen LogP contribution >= 0.6 is 15.9 Å². The van der Waals surface area contributed by atoms with Crippen LogP contribution in [0.25, 0.3) is 0 Å². The second kappa shape index (κ2) is 4.91. The monoisotopic (exact) mass is 257 g/mol. The Morgan fingerprint density at radius 2 is 2.07 bits per heavy atom. The molecular weight excluding hydrogens is 242 g/mol. The maximum atomic E-state index is 9.39. The summed E-state index contributed by atoms with van der Waals surface area (Å²) in [5.41, 5.74) is 2.18. The zero-order valence-corrected chi connectivity index (χ0v) is 10.4. The van der Waals surface area contributed by atoms with Crippen LogP contribution in [0.3, 0.4) is 0 Å². The molecule has 0 aliphatic carbocycles. The maximum absolute atomic E-state index is 9.39. The van der Waals surface area contributed by atoms with Crippen LogP contribution in [0.15, 0.2) is 22.7 Å². The Morgan fingerprint density at radius 3 is 2.50 bits per heavy atom. The minimum Gasteiger partial charge on any atom is -0.389 e. The van der Waals surface area contributed by atoms with Gasteiger partial charge in [0.05, 0.1) is 6.10 Å². The summed E-state index contributed by atoms with van der Waals surface area (Å²) in [4.78, 5) is 2.11. The average molecular weight is 258 g/mol. The highest BCUT2D eigenvalue weighted by molar-refractivity contribution is 9.10. The summed E-state index contributed by atoms with van der Waals surface area (Å²) in [6.45, 7) is 2.67. The topological polar surface area (TPSA) is 23.5 Å². The van der Waals surface area contributed by atoms with E-state index < -0.39 is 6.10 Å². The molecule has 1 N–H and O–H groups in total. The van der Waals surface area contributed by atoms with Crippen molar-refractivity contribution in [3.63, 3.8) is 0 Å². The molecule has 0 amide bonds. The first-order chi connectivity index (χ1) is 6.50. The second-order valence-electron chi connectivity index (χ2n) is 3.76. The van der Waals surface area contributed by atoms with E-state index in [4.69, 9.17) is 0 Å². The zero-order valence-electron chi connectivity index (χ0n) is 8.79. The molecule has 0 bridgehead atoms. The van der Waals surface area contributed by atoms with Crippen LogP contribution in [0.5, 0.6) is 0 Å². The molecule has 0 spiro atoms. The molecule has 0 aromatic heterocycles. The van der Waals surface area contributed by atoms with E-state index in [1.54, 1.807) is 6.92 Å². The highest BCUT2D eigenvalue weighted by Crippen LogP contribution is 2.22. The molecule has 1 aromatic rings. The predicted octanol–water partition coefficient (Wildman–Crippen LogP) is 2.56. The molecule has 1 aromatic carbocycles. The molecule has 14 heavy (non-hydrogen) atoms. The minimum absolute atomic E-state index is 0.403. The lowest BCUT2D eigenvalue weighted by Gasteiger charge is -2.13. The molecule has 0 aliphatic heterocycles. The Hall–Kier alpha value is -0.380. The first kappa shape index (κ1) is 11.7. The van der Waals surface area contributed by atoms with Gasteiger partial charge in [-0.3, -0.25) is 0 Å². The largest absolute Gasteiger partial charge is 0.389 e.